The lowest BCUT2D eigenvalue weighted by molar-refractivity contribution is -0.142. The predicted octanol–water partition coefficient (Wildman–Crippen LogP) is -2.44. The zero-order valence-electron chi connectivity index (χ0n) is 20.0. The van der Waals surface area contributed by atoms with Crippen molar-refractivity contribution in [3.63, 3.8) is 0 Å². The van der Waals surface area contributed by atoms with Crippen molar-refractivity contribution >= 4 is 54.0 Å². The van der Waals surface area contributed by atoms with Gasteiger partial charge in [0.2, 0.25) is 17.7 Å². The van der Waals surface area contributed by atoms with Crippen molar-refractivity contribution in [3.8, 4) is 0 Å². The van der Waals surface area contributed by atoms with Crippen molar-refractivity contribution in [1.82, 2.24) is 25.9 Å². The summed E-state index contributed by atoms with van der Waals surface area (Å²) in [6.07, 6.45) is 5.52. The van der Waals surface area contributed by atoms with Gasteiger partial charge in [0.05, 0.1) is 12.4 Å². The molecule has 1 aromatic rings. The summed E-state index contributed by atoms with van der Waals surface area (Å²) in [4.78, 5) is 60.4. The molecule has 4 atom stereocenters. The minimum atomic E-state index is -1.27. The SMILES string of the molecule is CSCCC(N)C(=O)NC(CS)C(=O)NC(CCCN=C(N)N)C(=O)NC(Cc1cnc[nH]1)C(=O)O. The number of H-pyrrole nitrogens is 1. The highest BCUT2D eigenvalue weighted by molar-refractivity contribution is 7.98. The van der Waals surface area contributed by atoms with Gasteiger partial charge in [-0.3, -0.25) is 19.4 Å². The Labute approximate surface area is 218 Å². The van der Waals surface area contributed by atoms with E-state index in [1.807, 2.05) is 6.26 Å². The number of carboxylic acids is 1. The molecule has 0 spiro atoms. The average Bonchev–Trinajstić information content (AvgIpc) is 3.34. The first-order valence-corrected chi connectivity index (χ1v) is 13.1. The number of hydrogen-bond donors (Lipinski definition) is 9. The number of carboxylic acid groups (broad SMARTS) is 1. The molecule has 3 amide bonds. The van der Waals surface area contributed by atoms with E-state index in [2.05, 4.69) is 43.5 Å². The number of carbonyl (C=O) groups excluding carboxylic acids is 3. The van der Waals surface area contributed by atoms with Gasteiger partial charge in [-0.1, -0.05) is 0 Å². The third-order valence-corrected chi connectivity index (χ3v) is 5.97. The summed E-state index contributed by atoms with van der Waals surface area (Å²) in [5, 5.41) is 17.1. The molecule has 0 aliphatic carbocycles. The summed E-state index contributed by atoms with van der Waals surface area (Å²) in [5.41, 5.74) is 17.0. The number of nitrogens with two attached hydrogens (primary N) is 3. The third kappa shape index (κ3) is 11.6. The summed E-state index contributed by atoms with van der Waals surface area (Å²) < 4.78 is 0. The van der Waals surface area contributed by atoms with Gasteiger partial charge in [0, 0.05) is 30.6 Å². The molecule has 1 aromatic heterocycles. The number of thiol groups is 1. The number of amides is 3. The summed E-state index contributed by atoms with van der Waals surface area (Å²) in [7, 11) is 0. The van der Waals surface area contributed by atoms with Crippen LogP contribution in [0.3, 0.4) is 0 Å². The van der Waals surface area contributed by atoms with Crippen LogP contribution in [-0.2, 0) is 25.6 Å². The van der Waals surface area contributed by atoms with E-state index in [1.165, 1.54) is 24.3 Å². The van der Waals surface area contributed by atoms with Crippen LogP contribution in [0.5, 0.6) is 0 Å². The van der Waals surface area contributed by atoms with Crippen LogP contribution in [0.25, 0.3) is 0 Å². The van der Waals surface area contributed by atoms with E-state index in [4.69, 9.17) is 17.2 Å². The molecular weight excluding hydrogens is 510 g/mol. The van der Waals surface area contributed by atoms with Gasteiger partial charge in [-0.25, -0.2) is 9.78 Å². The molecule has 0 radical (unpaired) electrons. The number of guanidine groups is 1. The van der Waals surface area contributed by atoms with Crippen molar-refractivity contribution in [2.75, 3.05) is 24.3 Å². The maximum atomic E-state index is 13.0. The Morgan fingerprint density at radius 3 is 2.31 bits per heavy atom. The summed E-state index contributed by atoms with van der Waals surface area (Å²) in [5.74, 6) is -2.67. The maximum absolute atomic E-state index is 13.0. The van der Waals surface area contributed by atoms with Crippen LogP contribution in [0.15, 0.2) is 17.5 Å². The fraction of sp³-hybridized carbons (Fsp3) is 0.600. The van der Waals surface area contributed by atoms with E-state index in [0.29, 0.717) is 24.3 Å². The van der Waals surface area contributed by atoms with Crippen LogP contribution < -0.4 is 33.2 Å². The Hall–Kier alpha value is -2.98. The quantitative estimate of drug-likeness (QED) is 0.0433. The van der Waals surface area contributed by atoms with Crippen LogP contribution in [-0.4, -0.2) is 93.2 Å². The van der Waals surface area contributed by atoms with Gasteiger partial charge < -0.3 is 43.2 Å². The van der Waals surface area contributed by atoms with E-state index < -0.39 is 47.9 Å². The largest absolute Gasteiger partial charge is 0.480 e. The maximum Gasteiger partial charge on any atom is 0.326 e. The molecule has 202 valence electrons. The first kappa shape index (κ1) is 31.1. The predicted molar refractivity (Wildman–Crippen MR) is 140 cm³/mol. The Bertz CT molecular complexity index is 881. The molecule has 0 aliphatic heterocycles. The van der Waals surface area contributed by atoms with Crippen LogP contribution >= 0.6 is 24.4 Å². The Morgan fingerprint density at radius 1 is 1.11 bits per heavy atom. The standard InChI is InChI=1S/C20H35N9O5S2/c1-36-6-4-12(21)16(30)29-15(9-35)18(32)27-13(3-2-5-25-20(22)23)17(31)28-14(19(33)34)7-11-8-24-10-26-11/h8,10,12-15,35H,2-7,9,21H2,1H3,(H,24,26)(H,27,32)(H,28,31)(H,29,30)(H,33,34)(H4,22,23,25). The molecular formula is C20H35N9O5S2. The molecule has 16 heteroatoms. The van der Waals surface area contributed by atoms with Crippen molar-refractivity contribution in [2.24, 2.45) is 22.2 Å². The second-order valence-corrected chi connectivity index (χ2v) is 9.17. The van der Waals surface area contributed by atoms with Crippen LogP contribution in [0, 0.1) is 0 Å². The minimum Gasteiger partial charge on any atom is -0.480 e. The number of aliphatic carboxylic acids is 1. The lowest BCUT2D eigenvalue weighted by Gasteiger charge is -2.24. The number of aliphatic imine (C=N–C) groups is 1. The number of hydrogen-bond acceptors (Lipinski definition) is 9. The van der Waals surface area contributed by atoms with Crippen LogP contribution in [0.2, 0.25) is 0 Å². The van der Waals surface area contributed by atoms with Gasteiger partial charge >= 0.3 is 5.97 Å². The van der Waals surface area contributed by atoms with Crippen LogP contribution in [0.4, 0.5) is 0 Å². The highest BCUT2D eigenvalue weighted by Gasteiger charge is 2.30. The zero-order chi connectivity index (χ0) is 27.1. The third-order valence-electron chi connectivity index (χ3n) is 4.96. The number of aromatic nitrogens is 2. The molecule has 4 unspecified atom stereocenters. The summed E-state index contributed by atoms with van der Waals surface area (Å²) in [6.45, 7) is 0.190. The van der Waals surface area contributed by atoms with Gasteiger partial charge in [0.25, 0.3) is 0 Å². The molecule has 0 aliphatic rings. The smallest absolute Gasteiger partial charge is 0.326 e. The molecule has 1 rings (SSSR count). The summed E-state index contributed by atoms with van der Waals surface area (Å²) in [6, 6.07) is -4.26. The molecule has 0 aromatic carbocycles. The van der Waals surface area contributed by atoms with Gasteiger partial charge in [0.1, 0.15) is 18.1 Å². The average molecular weight is 546 g/mol. The topological polar surface area (TPSA) is 244 Å². The Balaban J connectivity index is 2.91. The second kappa shape index (κ2) is 16.6. The first-order chi connectivity index (χ1) is 17.1. The number of nitrogens with zero attached hydrogens (tertiary/aromatic N) is 2. The molecule has 0 bridgehead atoms. The Morgan fingerprint density at radius 2 is 1.75 bits per heavy atom. The number of thioether (sulfide) groups is 1. The molecule has 36 heavy (non-hydrogen) atoms. The molecule has 0 saturated heterocycles. The molecule has 11 N–H and O–H groups in total. The number of aromatic amines is 1. The fourth-order valence-corrected chi connectivity index (χ4v) is 3.73. The molecule has 0 fully saturated rings. The van der Waals surface area contributed by atoms with Crippen molar-refractivity contribution < 1.29 is 24.3 Å². The van der Waals surface area contributed by atoms with E-state index >= 15 is 0 Å². The lowest BCUT2D eigenvalue weighted by Crippen LogP contribution is -2.57. The zero-order valence-corrected chi connectivity index (χ0v) is 21.7. The first-order valence-electron chi connectivity index (χ1n) is 11.1. The van der Waals surface area contributed by atoms with E-state index in [1.54, 1.807) is 0 Å². The lowest BCUT2D eigenvalue weighted by atomic mass is 10.1. The van der Waals surface area contributed by atoms with Gasteiger partial charge in [-0.2, -0.15) is 24.4 Å². The van der Waals surface area contributed by atoms with Gasteiger partial charge in [-0.05, 0) is 31.3 Å². The molecule has 0 saturated carbocycles. The van der Waals surface area contributed by atoms with Crippen LogP contribution in [0.1, 0.15) is 25.0 Å². The van der Waals surface area contributed by atoms with Gasteiger partial charge in [-0.15, -0.1) is 0 Å². The normalized spacial score (nSPS) is 14.1. The number of imidazole rings is 1. The highest BCUT2D eigenvalue weighted by atomic mass is 32.2. The second-order valence-electron chi connectivity index (χ2n) is 7.82. The fourth-order valence-electron chi connectivity index (χ4n) is 2.98. The monoisotopic (exact) mass is 545 g/mol. The van der Waals surface area contributed by atoms with E-state index in [0.717, 1.165) is 0 Å². The number of carbonyl (C=O) groups is 4. The summed E-state index contributed by atoms with van der Waals surface area (Å²) >= 11 is 5.67. The molecule has 14 nitrogen and oxygen atoms in total. The number of nitrogens with one attached hydrogen (secondary N) is 4. The number of rotatable bonds is 17. The van der Waals surface area contributed by atoms with E-state index in [-0.39, 0.29) is 31.1 Å². The van der Waals surface area contributed by atoms with Crippen molar-refractivity contribution in [2.45, 2.75) is 49.9 Å². The van der Waals surface area contributed by atoms with Crippen molar-refractivity contribution in [3.05, 3.63) is 18.2 Å². The van der Waals surface area contributed by atoms with Gasteiger partial charge in [0.15, 0.2) is 5.96 Å². The Kier molecular flexibility index (Phi) is 14.4. The molecule has 1 heterocycles. The van der Waals surface area contributed by atoms with E-state index in [9.17, 15) is 24.3 Å². The highest BCUT2D eigenvalue weighted by Crippen LogP contribution is 2.05. The van der Waals surface area contributed by atoms with Crippen molar-refractivity contribution in [1.29, 1.82) is 0 Å². The minimum absolute atomic E-state index is 0.0427.